The fourth-order valence-electron chi connectivity index (χ4n) is 4.53. The Morgan fingerprint density at radius 1 is 1.28 bits per heavy atom. The van der Waals surface area contributed by atoms with Crippen LogP contribution < -0.4 is 4.74 Å². The topological polar surface area (TPSA) is 103 Å². The third-order valence-corrected chi connectivity index (χ3v) is 6.46. The standard InChI is InChI=1S/C28H29N7O/c1-19(14-24(16-30)20(2)31-3)26-25(23-9-7-21(15-29)8-10-23)33-28(27-32-11-13-35(26)27)36-18-22-6-5-12-34(4)17-22/h7-11,13-14,22H,3,5-6,12,17-18H2,1-2,4H3/b19-14+,24-20+/t22-/m1/s1. The molecule has 0 bridgehead atoms. The van der Waals surface area contributed by atoms with Crippen molar-refractivity contribution in [3.8, 4) is 29.3 Å². The van der Waals surface area contributed by atoms with Gasteiger partial charge in [0.1, 0.15) is 6.07 Å². The van der Waals surface area contributed by atoms with Crippen molar-refractivity contribution in [1.29, 1.82) is 10.5 Å². The van der Waals surface area contributed by atoms with Crippen molar-refractivity contribution in [2.24, 2.45) is 10.9 Å². The monoisotopic (exact) mass is 479 g/mol. The summed E-state index contributed by atoms with van der Waals surface area (Å²) in [6.07, 6.45) is 7.65. The van der Waals surface area contributed by atoms with E-state index >= 15 is 0 Å². The van der Waals surface area contributed by atoms with Gasteiger partial charge in [-0.15, -0.1) is 0 Å². The second-order valence-electron chi connectivity index (χ2n) is 9.10. The zero-order valence-corrected chi connectivity index (χ0v) is 20.9. The first-order chi connectivity index (χ1) is 17.4. The first-order valence-electron chi connectivity index (χ1n) is 11.9. The van der Waals surface area contributed by atoms with Crippen LogP contribution in [0.1, 0.15) is 37.9 Å². The van der Waals surface area contributed by atoms with Gasteiger partial charge in [0.15, 0.2) is 0 Å². The molecule has 3 heterocycles. The Labute approximate surface area is 211 Å². The average Bonchev–Trinajstić information content (AvgIpc) is 3.39. The van der Waals surface area contributed by atoms with Crippen LogP contribution in [-0.2, 0) is 0 Å². The highest BCUT2D eigenvalue weighted by Gasteiger charge is 2.22. The summed E-state index contributed by atoms with van der Waals surface area (Å²) < 4.78 is 8.23. The number of fused-ring (bicyclic) bond motifs is 1. The van der Waals surface area contributed by atoms with Gasteiger partial charge in [0.25, 0.3) is 5.88 Å². The van der Waals surface area contributed by atoms with E-state index in [0.29, 0.717) is 46.6 Å². The van der Waals surface area contributed by atoms with Crippen LogP contribution in [0.15, 0.2) is 59.0 Å². The highest BCUT2D eigenvalue weighted by molar-refractivity contribution is 5.80. The van der Waals surface area contributed by atoms with Crippen LogP contribution in [-0.4, -0.2) is 52.7 Å². The molecule has 0 spiro atoms. The van der Waals surface area contributed by atoms with Crippen molar-refractivity contribution < 1.29 is 4.74 Å². The van der Waals surface area contributed by atoms with Crippen LogP contribution in [0.2, 0.25) is 0 Å². The van der Waals surface area contributed by atoms with Crippen LogP contribution in [0.4, 0.5) is 0 Å². The minimum Gasteiger partial charge on any atom is -0.475 e. The normalized spacial score (nSPS) is 17.2. The van der Waals surface area contributed by atoms with Gasteiger partial charge in [-0.3, -0.25) is 9.39 Å². The van der Waals surface area contributed by atoms with E-state index < -0.39 is 0 Å². The quantitative estimate of drug-likeness (QED) is 0.272. The van der Waals surface area contributed by atoms with E-state index in [1.807, 2.05) is 29.7 Å². The van der Waals surface area contributed by atoms with E-state index in [1.54, 1.807) is 31.3 Å². The number of ether oxygens (including phenoxy) is 1. The predicted octanol–water partition coefficient (Wildman–Crippen LogP) is 4.89. The lowest BCUT2D eigenvalue weighted by Crippen LogP contribution is -2.34. The fourth-order valence-corrected chi connectivity index (χ4v) is 4.53. The number of rotatable bonds is 7. The number of nitriles is 2. The molecule has 0 amide bonds. The molecule has 1 aromatic carbocycles. The van der Waals surface area contributed by atoms with Gasteiger partial charge in [-0.2, -0.15) is 10.5 Å². The molecule has 36 heavy (non-hydrogen) atoms. The number of allylic oxidation sites excluding steroid dienone is 4. The molecule has 4 rings (SSSR count). The molecule has 1 aliphatic rings. The van der Waals surface area contributed by atoms with Gasteiger partial charge in [-0.05, 0) is 70.8 Å². The molecule has 1 aliphatic heterocycles. The summed E-state index contributed by atoms with van der Waals surface area (Å²) in [6.45, 7) is 9.89. The average molecular weight is 480 g/mol. The van der Waals surface area contributed by atoms with Crippen LogP contribution in [0, 0.1) is 28.6 Å². The van der Waals surface area contributed by atoms with Crippen molar-refractivity contribution in [2.45, 2.75) is 26.7 Å². The zero-order chi connectivity index (χ0) is 25.7. The van der Waals surface area contributed by atoms with Crippen LogP contribution in [0.5, 0.6) is 5.88 Å². The number of aliphatic imine (C=N–C) groups is 1. The van der Waals surface area contributed by atoms with Gasteiger partial charge in [0.05, 0.1) is 40.9 Å². The number of aromatic nitrogens is 3. The lowest BCUT2D eigenvalue weighted by molar-refractivity contribution is 0.148. The molecule has 1 atom stereocenters. The number of hydrogen-bond acceptors (Lipinski definition) is 7. The Hall–Kier alpha value is -4.27. The van der Waals surface area contributed by atoms with E-state index in [0.717, 1.165) is 42.8 Å². The van der Waals surface area contributed by atoms with Gasteiger partial charge in [-0.1, -0.05) is 12.1 Å². The molecule has 1 saturated heterocycles. The van der Waals surface area contributed by atoms with Gasteiger partial charge in [0.2, 0.25) is 5.65 Å². The molecular weight excluding hydrogens is 450 g/mol. The first-order valence-corrected chi connectivity index (χ1v) is 11.9. The van der Waals surface area contributed by atoms with Gasteiger partial charge in [-0.25, -0.2) is 9.97 Å². The van der Waals surface area contributed by atoms with Gasteiger partial charge in [0, 0.05) is 30.4 Å². The third-order valence-electron chi connectivity index (χ3n) is 6.46. The van der Waals surface area contributed by atoms with Crippen LogP contribution >= 0.6 is 0 Å². The summed E-state index contributed by atoms with van der Waals surface area (Å²) >= 11 is 0. The van der Waals surface area contributed by atoms with E-state index in [4.69, 9.17) is 9.72 Å². The molecule has 0 aliphatic carbocycles. The molecule has 8 nitrogen and oxygen atoms in total. The number of nitrogens with zero attached hydrogens (tertiary/aromatic N) is 7. The minimum atomic E-state index is 0.420. The van der Waals surface area contributed by atoms with Crippen LogP contribution in [0.3, 0.4) is 0 Å². The number of piperidine rings is 1. The second-order valence-corrected chi connectivity index (χ2v) is 9.10. The van der Waals surface area contributed by atoms with Crippen molar-refractivity contribution >= 4 is 17.9 Å². The largest absolute Gasteiger partial charge is 0.475 e. The van der Waals surface area contributed by atoms with Crippen molar-refractivity contribution in [2.75, 3.05) is 26.7 Å². The summed E-state index contributed by atoms with van der Waals surface area (Å²) in [7, 11) is 2.14. The highest BCUT2D eigenvalue weighted by atomic mass is 16.5. The number of imidazole rings is 1. The number of hydrogen-bond donors (Lipinski definition) is 0. The summed E-state index contributed by atoms with van der Waals surface area (Å²) in [5.74, 6) is 0.891. The first kappa shape index (κ1) is 24.8. The molecule has 0 N–H and O–H groups in total. The van der Waals surface area contributed by atoms with Crippen molar-refractivity contribution in [3.05, 3.63) is 65.3 Å². The van der Waals surface area contributed by atoms with Gasteiger partial charge < -0.3 is 9.64 Å². The second kappa shape index (κ2) is 11.0. The number of likely N-dealkylation sites (tertiary alicyclic amines) is 1. The van der Waals surface area contributed by atoms with E-state index in [-0.39, 0.29) is 0 Å². The maximum absolute atomic E-state index is 9.67. The Morgan fingerprint density at radius 3 is 2.72 bits per heavy atom. The van der Waals surface area contributed by atoms with E-state index in [2.05, 4.69) is 40.8 Å². The molecule has 2 aromatic heterocycles. The van der Waals surface area contributed by atoms with Crippen molar-refractivity contribution in [1.82, 2.24) is 19.3 Å². The molecular formula is C28H29N7O. The molecule has 0 unspecified atom stereocenters. The summed E-state index contributed by atoms with van der Waals surface area (Å²) in [4.78, 5) is 15.7. The van der Waals surface area contributed by atoms with Gasteiger partial charge >= 0.3 is 0 Å². The Kier molecular flexibility index (Phi) is 7.58. The summed E-state index contributed by atoms with van der Waals surface area (Å²) in [6, 6.07) is 11.6. The molecule has 1 fully saturated rings. The molecule has 8 heteroatoms. The number of benzene rings is 1. The fraction of sp³-hybridized carbons (Fsp3) is 0.321. The lowest BCUT2D eigenvalue weighted by atomic mass is 10.00. The third kappa shape index (κ3) is 5.19. The Morgan fingerprint density at radius 2 is 2.06 bits per heavy atom. The molecule has 0 saturated carbocycles. The maximum Gasteiger partial charge on any atom is 0.259 e. The SMILES string of the molecule is C=N/C(C)=C(C#N)\C=C(/C)c1c(-c2ccc(C#N)cc2)nc(OC[C@@H]2CCCN(C)C2)c2nccn12. The Bertz CT molecular complexity index is 1420. The van der Waals surface area contributed by atoms with E-state index in [9.17, 15) is 10.5 Å². The molecule has 182 valence electrons. The van der Waals surface area contributed by atoms with E-state index in [1.165, 1.54) is 0 Å². The highest BCUT2D eigenvalue weighted by Crippen LogP contribution is 2.33. The maximum atomic E-state index is 9.67. The Balaban J connectivity index is 1.85. The van der Waals surface area contributed by atoms with Crippen LogP contribution in [0.25, 0.3) is 22.5 Å². The molecule has 3 aromatic rings. The molecule has 0 radical (unpaired) electrons. The lowest BCUT2D eigenvalue weighted by Gasteiger charge is -2.29. The van der Waals surface area contributed by atoms with Crippen molar-refractivity contribution in [3.63, 3.8) is 0 Å². The summed E-state index contributed by atoms with van der Waals surface area (Å²) in [5, 5.41) is 18.9. The smallest absolute Gasteiger partial charge is 0.259 e. The zero-order valence-electron chi connectivity index (χ0n) is 20.9. The summed E-state index contributed by atoms with van der Waals surface area (Å²) in [5.41, 5.74) is 5.24. The minimum absolute atomic E-state index is 0.420. The predicted molar refractivity (Wildman–Crippen MR) is 140 cm³/mol.